The Bertz CT molecular complexity index is 498. The Morgan fingerprint density at radius 1 is 1.36 bits per heavy atom. The minimum absolute atomic E-state index is 0.120. The van der Waals surface area contributed by atoms with Gasteiger partial charge < -0.3 is 15.8 Å². The second-order valence-corrected chi connectivity index (χ2v) is 6.32. The van der Waals surface area contributed by atoms with Gasteiger partial charge in [-0.15, -0.1) is 0 Å². The Morgan fingerprint density at radius 3 is 2.82 bits per heavy atom. The SMILES string of the molecule is Cc1ccc(C)c(OCCCCC(=O)NC(CN)C2CC2)c1. The molecule has 1 amide bonds. The topological polar surface area (TPSA) is 64.3 Å². The number of rotatable bonds is 9. The largest absolute Gasteiger partial charge is 0.493 e. The van der Waals surface area contributed by atoms with Crippen molar-refractivity contribution in [3.8, 4) is 5.75 Å². The molecule has 1 aromatic carbocycles. The molecular formula is C18H28N2O2. The molecule has 0 heterocycles. The van der Waals surface area contributed by atoms with Gasteiger partial charge in [0.15, 0.2) is 0 Å². The van der Waals surface area contributed by atoms with E-state index in [0.717, 1.165) is 24.2 Å². The summed E-state index contributed by atoms with van der Waals surface area (Å²) in [7, 11) is 0. The highest BCUT2D eigenvalue weighted by Gasteiger charge is 2.30. The fourth-order valence-electron chi connectivity index (χ4n) is 2.58. The highest BCUT2D eigenvalue weighted by Crippen LogP contribution is 2.32. The quantitative estimate of drug-likeness (QED) is 0.689. The molecule has 0 aromatic heterocycles. The Balaban J connectivity index is 1.60. The Hall–Kier alpha value is -1.55. The second-order valence-electron chi connectivity index (χ2n) is 6.32. The highest BCUT2D eigenvalue weighted by atomic mass is 16.5. The lowest BCUT2D eigenvalue weighted by atomic mass is 10.1. The number of ether oxygens (including phenoxy) is 1. The van der Waals surface area contributed by atoms with Gasteiger partial charge in [0.25, 0.3) is 0 Å². The number of aryl methyl sites for hydroxylation is 2. The molecule has 122 valence electrons. The molecule has 1 saturated carbocycles. The van der Waals surface area contributed by atoms with E-state index in [9.17, 15) is 4.79 Å². The van der Waals surface area contributed by atoms with Gasteiger partial charge in [-0.2, -0.15) is 0 Å². The molecule has 4 heteroatoms. The third kappa shape index (κ3) is 5.34. The fourth-order valence-corrected chi connectivity index (χ4v) is 2.58. The minimum atomic E-state index is 0.120. The molecule has 0 aliphatic heterocycles. The number of nitrogens with one attached hydrogen (secondary N) is 1. The molecule has 3 N–H and O–H groups in total. The maximum Gasteiger partial charge on any atom is 0.220 e. The van der Waals surface area contributed by atoms with Crippen LogP contribution in [0, 0.1) is 19.8 Å². The van der Waals surface area contributed by atoms with Crippen LogP contribution in [0.15, 0.2) is 18.2 Å². The summed E-state index contributed by atoms with van der Waals surface area (Å²) >= 11 is 0. The average Bonchev–Trinajstić information content (AvgIpc) is 3.32. The third-order valence-corrected chi connectivity index (χ3v) is 4.19. The smallest absolute Gasteiger partial charge is 0.220 e. The Kier molecular flexibility index (Phi) is 6.25. The van der Waals surface area contributed by atoms with Crippen molar-refractivity contribution in [3.63, 3.8) is 0 Å². The van der Waals surface area contributed by atoms with E-state index >= 15 is 0 Å². The molecule has 4 nitrogen and oxygen atoms in total. The number of amides is 1. The third-order valence-electron chi connectivity index (χ3n) is 4.19. The van der Waals surface area contributed by atoms with Crippen LogP contribution in [0.4, 0.5) is 0 Å². The van der Waals surface area contributed by atoms with Gasteiger partial charge in [0.05, 0.1) is 6.61 Å². The van der Waals surface area contributed by atoms with Gasteiger partial charge in [0.2, 0.25) is 5.91 Å². The number of carbonyl (C=O) groups excluding carboxylic acids is 1. The van der Waals surface area contributed by atoms with E-state index in [2.05, 4.69) is 30.4 Å². The molecule has 1 aromatic rings. The molecular weight excluding hydrogens is 276 g/mol. The van der Waals surface area contributed by atoms with Crippen molar-refractivity contribution >= 4 is 5.91 Å². The molecule has 1 aliphatic rings. The first-order chi connectivity index (χ1) is 10.6. The van der Waals surface area contributed by atoms with Crippen LogP contribution < -0.4 is 15.8 Å². The summed E-state index contributed by atoms with van der Waals surface area (Å²) in [5.74, 6) is 1.68. The van der Waals surface area contributed by atoms with Gasteiger partial charge >= 0.3 is 0 Å². The number of carbonyl (C=O) groups is 1. The van der Waals surface area contributed by atoms with Crippen LogP contribution >= 0.6 is 0 Å². The van der Waals surface area contributed by atoms with Crippen molar-refractivity contribution in [3.05, 3.63) is 29.3 Å². The molecule has 0 bridgehead atoms. The molecule has 22 heavy (non-hydrogen) atoms. The first kappa shape index (κ1) is 16.8. The molecule has 0 radical (unpaired) electrons. The lowest BCUT2D eigenvalue weighted by Gasteiger charge is -2.16. The van der Waals surface area contributed by atoms with Crippen molar-refractivity contribution in [2.24, 2.45) is 11.7 Å². The number of hydrogen-bond donors (Lipinski definition) is 2. The normalized spacial score (nSPS) is 15.4. The van der Waals surface area contributed by atoms with Crippen LogP contribution in [-0.2, 0) is 4.79 Å². The lowest BCUT2D eigenvalue weighted by molar-refractivity contribution is -0.122. The van der Waals surface area contributed by atoms with E-state index in [0.29, 0.717) is 25.5 Å². The maximum atomic E-state index is 11.9. The number of nitrogens with two attached hydrogens (primary N) is 1. The van der Waals surface area contributed by atoms with E-state index in [-0.39, 0.29) is 11.9 Å². The van der Waals surface area contributed by atoms with Crippen LogP contribution in [0.2, 0.25) is 0 Å². The van der Waals surface area contributed by atoms with Crippen molar-refractivity contribution in [2.75, 3.05) is 13.2 Å². The summed E-state index contributed by atoms with van der Waals surface area (Å²) in [6.45, 7) is 5.31. The van der Waals surface area contributed by atoms with E-state index in [1.807, 2.05) is 6.92 Å². The molecule has 2 rings (SSSR count). The first-order valence-corrected chi connectivity index (χ1v) is 8.29. The van der Waals surface area contributed by atoms with Crippen molar-refractivity contribution in [1.29, 1.82) is 0 Å². The van der Waals surface area contributed by atoms with Crippen LogP contribution in [0.1, 0.15) is 43.2 Å². The van der Waals surface area contributed by atoms with E-state index in [1.165, 1.54) is 18.4 Å². The van der Waals surface area contributed by atoms with E-state index < -0.39 is 0 Å². The van der Waals surface area contributed by atoms with Crippen molar-refractivity contribution in [2.45, 2.75) is 52.0 Å². The predicted molar refractivity (Wildman–Crippen MR) is 89.0 cm³/mol. The molecule has 0 spiro atoms. The highest BCUT2D eigenvalue weighted by molar-refractivity contribution is 5.76. The van der Waals surface area contributed by atoms with Crippen LogP contribution in [0.5, 0.6) is 5.75 Å². The number of benzene rings is 1. The van der Waals surface area contributed by atoms with Gasteiger partial charge in [-0.1, -0.05) is 12.1 Å². The van der Waals surface area contributed by atoms with Gasteiger partial charge in [-0.3, -0.25) is 4.79 Å². The minimum Gasteiger partial charge on any atom is -0.493 e. The summed E-state index contributed by atoms with van der Waals surface area (Å²) in [6, 6.07) is 6.39. The first-order valence-electron chi connectivity index (χ1n) is 8.29. The Labute approximate surface area is 133 Å². The molecule has 1 unspecified atom stereocenters. The lowest BCUT2D eigenvalue weighted by Crippen LogP contribution is -2.41. The standard InChI is InChI=1S/C18H28N2O2/c1-13-6-7-14(2)17(11-13)22-10-4-3-5-18(21)20-16(12-19)15-8-9-15/h6-7,11,15-16H,3-5,8-10,12,19H2,1-2H3,(H,20,21). The van der Waals surface area contributed by atoms with Gasteiger partial charge in [0, 0.05) is 19.0 Å². The monoisotopic (exact) mass is 304 g/mol. The van der Waals surface area contributed by atoms with Crippen LogP contribution in [0.25, 0.3) is 0 Å². The number of unbranched alkanes of at least 4 members (excludes halogenated alkanes) is 1. The zero-order valence-electron chi connectivity index (χ0n) is 13.7. The summed E-state index contributed by atoms with van der Waals surface area (Å²) < 4.78 is 5.80. The Morgan fingerprint density at radius 2 is 2.14 bits per heavy atom. The summed E-state index contributed by atoms with van der Waals surface area (Å²) in [5, 5.41) is 3.05. The summed E-state index contributed by atoms with van der Waals surface area (Å²) in [4.78, 5) is 11.9. The summed E-state index contributed by atoms with van der Waals surface area (Å²) in [6.07, 6.45) is 4.69. The van der Waals surface area contributed by atoms with Crippen molar-refractivity contribution in [1.82, 2.24) is 5.32 Å². The zero-order chi connectivity index (χ0) is 15.9. The molecule has 1 fully saturated rings. The number of hydrogen-bond acceptors (Lipinski definition) is 3. The van der Waals surface area contributed by atoms with Gasteiger partial charge in [0.1, 0.15) is 5.75 Å². The summed E-state index contributed by atoms with van der Waals surface area (Å²) in [5.41, 5.74) is 8.05. The average molecular weight is 304 g/mol. The fraction of sp³-hybridized carbons (Fsp3) is 0.611. The predicted octanol–water partition coefficient (Wildman–Crippen LogP) is 2.71. The maximum absolute atomic E-state index is 11.9. The molecule has 1 atom stereocenters. The molecule has 1 aliphatic carbocycles. The van der Waals surface area contributed by atoms with E-state index in [4.69, 9.17) is 10.5 Å². The van der Waals surface area contributed by atoms with Gasteiger partial charge in [-0.05, 0) is 62.6 Å². The van der Waals surface area contributed by atoms with E-state index in [1.54, 1.807) is 0 Å². The zero-order valence-corrected chi connectivity index (χ0v) is 13.7. The van der Waals surface area contributed by atoms with Crippen molar-refractivity contribution < 1.29 is 9.53 Å². The van der Waals surface area contributed by atoms with Crippen LogP contribution in [-0.4, -0.2) is 25.1 Å². The molecule has 0 saturated heterocycles. The van der Waals surface area contributed by atoms with Gasteiger partial charge in [-0.25, -0.2) is 0 Å². The second kappa shape index (κ2) is 8.18. The van der Waals surface area contributed by atoms with Crippen LogP contribution in [0.3, 0.4) is 0 Å².